The number of aromatic nitrogens is 1. The van der Waals surface area contributed by atoms with E-state index in [2.05, 4.69) is 9.88 Å². The van der Waals surface area contributed by atoms with E-state index in [1.807, 2.05) is 0 Å². The maximum atomic E-state index is 12.9. The zero-order valence-corrected chi connectivity index (χ0v) is 16.5. The molecule has 0 aromatic carbocycles. The summed E-state index contributed by atoms with van der Waals surface area (Å²) in [4.78, 5) is 5.62. The molecule has 1 aliphatic carbocycles. The zero-order valence-electron chi connectivity index (χ0n) is 15.7. The second-order valence-corrected chi connectivity index (χ2v) is 10.1. The third-order valence-electron chi connectivity index (χ3n) is 6.23. The fourth-order valence-corrected chi connectivity index (χ4v) is 6.52. The lowest BCUT2D eigenvalue weighted by atomic mass is 9.80. The van der Waals surface area contributed by atoms with Crippen molar-refractivity contribution in [3.8, 4) is 0 Å². The molecule has 1 atom stereocenters. The number of hydrogen-bond donors (Lipinski definition) is 0. The van der Waals surface area contributed by atoms with Gasteiger partial charge in [0, 0.05) is 38.4 Å². The number of ether oxygens (including phenoxy) is 1. The number of alkyl halides is 3. The largest absolute Gasteiger partial charge is 0.433 e. The molecule has 156 valence electrons. The van der Waals surface area contributed by atoms with Gasteiger partial charge in [0.25, 0.3) is 0 Å². The van der Waals surface area contributed by atoms with Gasteiger partial charge in [-0.2, -0.15) is 17.5 Å². The van der Waals surface area contributed by atoms with Crippen molar-refractivity contribution >= 4 is 10.0 Å². The summed E-state index contributed by atoms with van der Waals surface area (Å²) in [6.45, 7) is 5.55. The average Bonchev–Trinajstić information content (AvgIpc) is 3.06. The molecule has 1 saturated carbocycles. The molecule has 1 aromatic heterocycles. The molecule has 2 saturated heterocycles. The van der Waals surface area contributed by atoms with Crippen molar-refractivity contribution in [2.45, 2.75) is 43.3 Å². The monoisotopic (exact) mass is 419 g/mol. The summed E-state index contributed by atoms with van der Waals surface area (Å²) in [7, 11) is -3.83. The summed E-state index contributed by atoms with van der Waals surface area (Å²) in [5.41, 5.74) is -1.02. The first-order chi connectivity index (χ1) is 13.1. The molecule has 3 heterocycles. The van der Waals surface area contributed by atoms with E-state index in [0.717, 1.165) is 57.8 Å². The maximum Gasteiger partial charge on any atom is 0.433 e. The van der Waals surface area contributed by atoms with E-state index in [1.165, 1.54) is 11.2 Å². The van der Waals surface area contributed by atoms with Gasteiger partial charge >= 0.3 is 6.18 Å². The molecule has 0 radical (unpaired) electrons. The molecule has 0 amide bonds. The minimum atomic E-state index is -4.59. The number of aryl methyl sites for hydroxylation is 1. The van der Waals surface area contributed by atoms with Crippen molar-refractivity contribution in [3.05, 3.63) is 23.5 Å². The molecule has 2 aliphatic heterocycles. The molecule has 4 rings (SSSR count). The topological polar surface area (TPSA) is 62.7 Å². The van der Waals surface area contributed by atoms with Gasteiger partial charge in [-0.05, 0) is 43.2 Å². The van der Waals surface area contributed by atoms with Crippen molar-refractivity contribution in [1.29, 1.82) is 0 Å². The van der Waals surface area contributed by atoms with Gasteiger partial charge in [-0.25, -0.2) is 8.42 Å². The molecule has 3 aliphatic rings. The number of halogens is 3. The second kappa shape index (κ2) is 6.93. The second-order valence-electron chi connectivity index (χ2n) is 8.15. The van der Waals surface area contributed by atoms with Crippen LogP contribution in [0.2, 0.25) is 0 Å². The smallest absolute Gasteiger partial charge is 0.379 e. The molecular formula is C18H24F3N3O3S. The molecule has 10 heteroatoms. The molecule has 1 aromatic rings. The third-order valence-corrected chi connectivity index (χ3v) is 8.15. The van der Waals surface area contributed by atoms with E-state index in [9.17, 15) is 21.6 Å². The highest BCUT2D eigenvalue weighted by molar-refractivity contribution is 7.89. The molecule has 0 bridgehead atoms. The summed E-state index contributed by atoms with van der Waals surface area (Å²) in [6.07, 6.45) is -0.765. The van der Waals surface area contributed by atoms with Crippen LogP contribution >= 0.6 is 0 Å². The van der Waals surface area contributed by atoms with Crippen molar-refractivity contribution in [2.75, 3.05) is 39.4 Å². The van der Waals surface area contributed by atoms with Gasteiger partial charge in [-0.15, -0.1) is 0 Å². The summed E-state index contributed by atoms with van der Waals surface area (Å²) < 4.78 is 70.9. The van der Waals surface area contributed by atoms with Gasteiger partial charge in [-0.3, -0.25) is 9.88 Å². The average molecular weight is 419 g/mol. The number of morpholine rings is 1. The van der Waals surface area contributed by atoms with Crippen LogP contribution in [0.15, 0.2) is 17.2 Å². The van der Waals surface area contributed by atoms with Gasteiger partial charge < -0.3 is 4.74 Å². The Hall–Kier alpha value is -1.23. The van der Waals surface area contributed by atoms with Crippen LogP contribution in [-0.2, 0) is 20.9 Å². The fraction of sp³-hybridized carbons (Fsp3) is 0.722. The van der Waals surface area contributed by atoms with E-state index in [0.29, 0.717) is 19.1 Å². The lowest BCUT2D eigenvalue weighted by Gasteiger charge is -2.47. The molecule has 0 N–H and O–H groups in total. The van der Waals surface area contributed by atoms with Crippen molar-refractivity contribution < 1.29 is 26.3 Å². The summed E-state index contributed by atoms with van der Waals surface area (Å²) in [6, 6.07) is 1.26. The summed E-state index contributed by atoms with van der Waals surface area (Å²) >= 11 is 0. The Labute approximate surface area is 162 Å². The summed E-state index contributed by atoms with van der Waals surface area (Å²) in [5, 5.41) is 0. The maximum absolute atomic E-state index is 12.9. The minimum Gasteiger partial charge on any atom is -0.379 e. The van der Waals surface area contributed by atoms with Crippen LogP contribution in [0.1, 0.15) is 30.5 Å². The Balaban J connectivity index is 1.44. The van der Waals surface area contributed by atoms with Gasteiger partial charge in [0.1, 0.15) is 10.6 Å². The van der Waals surface area contributed by atoms with Gasteiger partial charge in [0.15, 0.2) is 0 Å². The molecule has 6 nitrogen and oxygen atoms in total. The minimum absolute atomic E-state index is 0.0106. The first-order valence-electron chi connectivity index (χ1n) is 9.47. The van der Waals surface area contributed by atoms with Crippen LogP contribution in [0.4, 0.5) is 13.2 Å². The van der Waals surface area contributed by atoms with Gasteiger partial charge in [0.2, 0.25) is 10.0 Å². The highest BCUT2D eigenvalue weighted by atomic mass is 32.2. The van der Waals surface area contributed by atoms with Crippen LogP contribution in [0.25, 0.3) is 0 Å². The molecule has 1 unspecified atom stereocenters. The quantitative estimate of drug-likeness (QED) is 0.752. The van der Waals surface area contributed by atoms with Crippen molar-refractivity contribution in [2.24, 2.45) is 5.41 Å². The predicted octanol–water partition coefficient (Wildman–Crippen LogP) is 2.28. The van der Waals surface area contributed by atoms with Crippen LogP contribution in [0, 0.1) is 12.3 Å². The van der Waals surface area contributed by atoms with Crippen LogP contribution in [0.3, 0.4) is 0 Å². The highest BCUT2D eigenvalue weighted by Crippen LogP contribution is 2.49. The standard InChI is InChI=1S/C18H24F3N3O3S/c1-13-8-16(18(19,20)21)22-10-15(13)28(25,26)24-11-17(12-24)3-2-14(9-17)23-4-6-27-7-5-23/h8,10,14H,2-7,9,11-12H2,1H3. The normalized spacial score (nSPS) is 26.5. The molecule has 28 heavy (non-hydrogen) atoms. The Morgan fingerprint density at radius 3 is 2.54 bits per heavy atom. The van der Waals surface area contributed by atoms with Crippen LogP contribution in [0.5, 0.6) is 0 Å². The molecule has 3 fully saturated rings. The number of rotatable bonds is 3. The van der Waals surface area contributed by atoms with E-state index in [4.69, 9.17) is 4.74 Å². The molecule has 1 spiro atoms. The Morgan fingerprint density at radius 1 is 1.25 bits per heavy atom. The van der Waals surface area contributed by atoms with Gasteiger partial charge in [-0.1, -0.05) is 0 Å². The Kier molecular flexibility index (Phi) is 4.96. The number of sulfonamides is 1. The zero-order chi connectivity index (χ0) is 20.2. The first kappa shape index (κ1) is 20.1. The van der Waals surface area contributed by atoms with Gasteiger partial charge in [0.05, 0.1) is 13.2 Å². The highest BCUT2D eigenvalue weighted by Gasteiger charge is 2.53. The number of pyridine rings is 1. The number of nitrogens with zero attached hydrogens (tertiary/aromatic N) is 3. The van der Waals surface area contributed by atoms with E-state index < -0.39 is 21.9 Å². The predicted molar refractivity (Wildman–Crippen MR) is 95.2 cm³/mol. The lowest BCUT2D eigenvalue weighted by molar-refractivity contribution is -0.141. The fourth-order valence-electron chi connectivity index (χ4n) is 4.70. The number of hydrogen-bond acceptors (Lipinski definition) is 5. The third kappa shape index (κ3) is 3.55. The molecular weight excluding hydrogens is 395 g/mol. The summed E-state index contributed by atoms with van der Waals surface area (Å²) in [5.74, 6) is 0. The SMILES string of the molecule is Cc1cc(C(F)(F)F)ncc1S(=O)(=O)N1CC2(CCC(N3CCOCC3)C2)C1. The lowest BCUT2D eigenvalue weighted by Crippen LogP contribution is -2.57. The van der Waals surface area contributed by atoms with Crippen LogP contribution < -0.4 is 0 Å². The van der Waals surface area contributed by atoms with E-state index in [1.54, 1.807) is 0 Å². The van der Waals surface area contributed by atoms with E-state index in [-0.39, 0.29) is 15.9 Å². The first-order valence-corrected chi connectivity index (χ1v) is 10.9. The van der Waals surface area contributed by atoms with Crippen molar-refractivity contribution in [3.63, 3.8) is 0 Å². The van der Waals surface area contributed by atoms with Crippen LogP contribution in [-0.4, -0.2) is 68.0 Å². The van der Waals surface area contributed by atoms with Crippen molar-refractivity contribution in [1.82, 2.24) is 14.2 Å². The Morgan fingerprint density at radius 2 is 1.93 bits per heavy atom. The van der Waals surface area contributed by atoms with E-state index >= 15 is 0 Å². The Bertz CT molecular complexity index is 847.